The summed E-state index contributed by atoms with van der Waals surface area (Å²) in [5.74, 6) is 0.837. The number of benzene rings is 2. The van der Waals surface area contributed by atoms with Gasteiger partial charge in [0.15, 0.2) is 0 Å². The highest BCUT2D eigenvalue weighted by molar-refractivity contribution is 5.95. The minimum Gasteiger partial charge on any atom is -0.487 e. The maximum Gasteiger partial charge on any atom is 0.248 e. The first kappa shape index (κ1) is 18.9. The maximum absolute atomic E-state index is 11.1. The predicted octanol–water partition coefficient (Wildman–Crippen LogP) is 2.62. The fourth-order valence-electron chi connectivity index (χ4n) is 2.45. The van der Waals surface area contributed by atoms with Crippen LogP contribution in [0.3, 0.4) is 0 Å². The third-order valence-corrected chi connectivity index (χ3v) is 3.94. The molecule has 7 nitrogen and oxygen atoms in total. The molecular formula is C21H20N4O3. The molecule has 1 heterocycles. The molecule has 1 aromatic heterocycles. The van der Waals surface area contributed by atoms with Crippen molar-refractivity contribution in [1.29, 1.82) is 5.41 Å². The number of carbonyl (C=O) groups is 1. The van der Waals surface area contributed by atoms with Crippen LogP contribution in [-0.2, 0) is 13.2 Å². The van der Waals surface area contributed by atoms with Gasteiger partial charge in [0.2, 0.25) is 5.91 Å². The lowest BCUT2D eigenvalue weighted by atomic mass is 10.2. The van der Waals surface area contributed by atoms with Gasteiger partial charge < -0.3 is 20.9 Å². The van der Waals surface area contributed by atoms with Crippen LogP contribution in [0.15, 0.2) is 66.7 Å². The van der Waals surface area contributed by atoms with Crippen LogP contribution in [-0.4, -0.2) is 16.7 Å². The van der Waals surface area contributed by atoms with Gasteiger partial charge in [-0.05, 0) is 60.7 Å². The first-order valence-corrected chi connectivity index (χ1v) is 8.56. The van der Waals surface area contributed by atoms with Gasteiger partial charge in [0.1, 0.15) is 30.5 Å². The molecule has 0 bridgehead atoms. The number of nitrogens with one attached hydrogen (secondary N) is 1. The number of amides is 1. The fraction of sp³-hybridized carbons (Fsp3) is 0.0952. The number of primary amides is 1. The number of nitrogens with zero attached hydrogens (tertiary/aromatic N) is 1. The highest BCUT2D eigenvalue weighted by Gasteiger charge is 2.04. The van der Waals surface area contributed by atoms with Crippen molar-refractivity contribution in [3.05, 3.63) is 89.2 Å². The van der Waals surface area contributed by atoms with Crippen molar-refractivity contribution in [2.24, 2.45) is 11.5 Å². The largest absolute Gasteiger partial charge is 0.487 e. The van der Waals surface area contributed by atoms with E-state index in [-0.39, 0.29) is 12.4 Å². The van der Waals surface area contributed by atoms with Crippen molar-refractivity contribution in [3.8, 4) is 11.5 Å². The number of amidine groups is 1. The molecule has 0 spiro atoms. The summed E-state index contributed by atoms with van der Waals surface area (Å²) in [6, 6.07) is 19.2. The van der Waals surface area contributed by atoms with Gasteiger partial charge in [0.25, 0.3) is 0 Å². The normalized spacial score (nSPS) is 10.3. The Morgan fingerprint density at radius 3 is 1.68 bits per heavy atom. The molecule has 142 valence electrons. The van der Waals surface area contributed by atoms with Gasteiger partial charge in [-0.2, -0.15) is 0 Å². The summed E-state index contributed by atoms with van der Waals surface area (Å²) in [6.45, 7) is 0.595. The van der Waals surface area contributed by atoms with Gasteiger partial charge in [-0.1, -0.05) is 6.07 Å². The van der Waals surface area contributed by atoms with Crippen LogP contribution in [0.25, 0.3) is 0 Å². The molecule has 0 fully saturated rings. The van der Waals surface area contributed by atoms with E-state index in [1.807, 2.05) is 18.2 Å². The number of aromatic nitrogens is 1. The van der Waals surface area contributed by atoms with E-state index >= 15 is 0 Å². The SMILES string of the molecule is N=C(N)c1ccc(OCc2cccc(COc3ccc(C(N)=O)cc3)n2)cc1. The van der Waals surface area contributed by atoms with Crippen molar-refractivity contribution < 1.29 is 14.3 Å². The van der Waals surface area contributed by atoms with Crippen LogP contribution in [0.5, 0.6) is 11.5 Å². The Kier molecular flexibility index (Phi) is 5.86. The van der Waals surface area contributed by atoms with E-state index in [0.717, 1.165) is 11.4 Å². The molecule has 2 aromatic carbocycles. The molecule has 5 N–H and O–H groups in total. The minimum atomic E-state index is -0.475. The molecule has 0 unspecified atom stereocenters. The average Bonchev–Trinajstić information content (AvgIpc) is 2.71. The van der Waals surface area contributed by atoms with E-state index in [9.17, 15) is 4.79 Å². The summed E-state index contributed by atoms with van der Waals surface area (Å²) in [4.78, 5) is 15.6. The van der Waals surface area contributed by atoms with Crippen molar-refractivity contribution in [2.45, 2.75) is 13.2 Å². The van der Waals surface area contributed by atoms with E-state index in [4.69, 9.17) is 26.4 Å². The molecule has 1 amide bonds. The highest BCUT2D eigenvalue weighted by Crippen LogP contribution is 2.15. The van der Waals surface area contributed by atoms with E-state index in [0.29, 0.717) is 29.2 Å². The van der Waals surface area contributed by atoms with Gasteiger partial charge >= 0.3 is 0 Å². The standard InChI is InChI=1S/C21H20N4O3/c22-20(23)14-4-8-18(9-5-14)27-12-16-2-1-3-17(25-16)13-28-19-10-6-15(7-11-19)21(24)26/h1-11H,12-13H2,(H3,22,23)(H2,24,26). The lowest BCUT2D eigenvalue weighted by molar-refractivity contribution is 0.1000. The first-order valence-electron chi connectivity index (χ1n) is 8.56. The number of nitrogen functional groups attached to an aromatic ring is 1. The maximum atomic E-state index is 11.1. The van der Waals surface area contributed by atoms with Gasteiger partial charge in [-0.25, -0.2) is 0 Å². The zero-order chi connectivity index (χ0) is 19.9. The summed E-state index contributed by atoms with van der Waals surface area (Å²) in [5.41, 5.74) is 13.3. The summed E-state index contributed by atoms with van der Waals surface area (Å²) in [7, 11) is 0. The Balaban J connectivity index is 1.56. The van der Waals surface area contributed by atoms with Crippen LogP contribution in [0.4, 0.5) is 0 Å². The van der Waals surface area contributed by atoms with Crippen molar-refractivity contribution in [2.75, 3.05) is 0 Å². The summed E-state index contributed by atoms with van der Waals surface area (Å²) >= 11 is 0. The van der Waals surface area contributed by atoms with E-state index in [1.54, 1.807) is 48.5 Å². The predicted molar refractivity (Wildman–Crippen MR) is 105 cm³/mol. The Morgan fingerprint density at radius 1 is 0.786 bits per heavy atom. The summed E-state index contributed by atoms with van der Waals surface area (Å²) in [6.07, 6.45) is 0. The van der Waals surface area contributed by atoms with E-state index in [1.165, 1.54) is 0 Å². The van der Waals surface area contributed by atoms with Crippen molar-refractivity contribution >= 4 is 11.7 Å². The van der Waals surface area contributed by atoms with E-state index in [2.05, 4.69) is 4.98 Å². The second-order valence-electron chi connectivity index (χ2n) is 6.02. The molecule has 0 saturated heterocycles. The van der Waals surface area contributed by atoms with Crippen LogP contribution in [0.1, 0.15) is 27.3 Å². The molecule has 0 aliphatic rings. The van der Waals surface area contributed by atoms with Gasteiger partial charge in [-0.15, -0.1) is 0 Å². The molecule has 0 aliphatic heterocycles. The Labute approximate surface area is 162 Å². The zero-order valence-electron chi connectivity index (χ0n) is 15.1. The average molecular weight is 376 g/mol. The molecule has 0 aliphatic carbocycles. The molecule has 0 saturated carbocycles. The van der Waals surface area contributed by atoms with Gasteiger partial charge in [-0.3, -0.25) is 15.2 Å². The quantitative estimate of drug-likeness (QED) is 0.412. The lowest BCUT2D eigenvalue weighted by Crippen LogP contribution is -2.10. The second kappa shape index (κ2) is 8.68. The van der Waals surface area contributed by atoms with Gasteiger partial charge in [0.05, 0.1) is 11.4 Å². The molecule has 28 heavy (non-hydrogen) atoms. The van der Waals surface area contributed by atoms with Gasteiger partial charge in [0, 0.05) is 11.1 Å². The minimum absolute atomic E-state index is 0.0187. The number of hydrogen-bond acceptors (Lipinski definition) is 5. The van der Waals surface area contributed by atoms with Crippen molar-refractivity contribution in [3.63, 3.8) is 0 Å². The molecule has 3 rings (SSSR count). The molecular weight excluding hydrogens is 356 g/mol. The number of pyridine rings is 1. The number of hydrogen-bond donors (Lipinski definition) is 3. The summed E-state index contributed by atoms with van der Waals surface area (Å²) < 4.78 is 11.4. The number of rotatable bonds is 8. The third-order valence-electron chi connectivity index (χ3n) is 3.94. The van der Waals surface area contributed by atoms with Crippen LogP contribution in [0, 0.1) is 5.41 Å². The number of nitrogens with two attached hydrogens (primary N) is 2. The highest BCUT2D eigenvalue weighted by atomic mass is 16.5. The monoisotopic (exact) mass is 376 g/mol. The molecule has 3 aromatic rings. The van der Waals surface area contributed by atoms with Crippen molar-refractivity contribution in [1.82, 2.24) is 4.98 Å². The molecule has 7 heteroatoms. The zero-order valence-corrected chi connectivity index (χ0v) is 15.1. The first-order chi connectivity index (χ1) is 13.5. The van der Waals surface area contributed by atoms with Crippen LogP contribution in [0.2, 0.25) is 0 Å². The Hall–Kier alpha value is -3.87. The topological polar surface area (TPSA) is 124 Å². The molecule has 0 radical (unpaired) electrons. The fourth-order valence-corrected chi connectivity index (χ4v) is 2.45. The smallest absolute Gasteiger partial charge is 0.248 e. The number of carbonyl (C=O) groups excluding carboxylic acids is 1. The van der Waals surface area contributed by atoms with E-state index < -0.39 is 5.91 Å². The van der Waals surface area contributed by atoms with Crippen LogP contribution >= 0.6 is 0 Å². The Morgan fingerprint density at radius 2 is 1.25 bits per heavy atom. The van der Waals surface area contributed by atoms with Crippen LogP contribution < -0.4 is 20.9 Å². The third kappa shape index (κ3) is 5.07. The molecule has 0 atom stereocenters. The number of ether oxygens (including phenoxy) is 2. The summed E-state index contributed by atoms with van der Waals surface area (Å²) in [5, 5.41) is 7.39. The lowest BCUT2D eigenvalue weighted by Gasteiger charge is -2.09. The second-order valence-corrected chi connectivity index (χ2v) is 6.02. The Bertz CT molecular complexity index is 893.